The predicted molar refractivity (Wildman–Crippen MR) is 68.0 cm³/mol. The van der Waals surface area contributed by atoms with E-state index in [0.29, 0.717) is 0 Å². The zero-order chi connectivity index (χ0) is 16.0. The number of rotatable bonds is 5. The van der Waals surface area contributed by atoms with Crippen LogP contribution < -0.4 is 0 Å². The Hall–Kier alpha value is -1.67. The van der Waals surface area contributed by atoms with E-state index in [9.17, 15) is 14.4 Å². The van der Waals surface area contributed by atoms with Crippen LogP contribution in [0.2, 0.25) is 0 Å². The van der Waals surface area contributed by atoms with Gasteiger partial charge in [0.25, 0.3) is 0 Å². The maximum atomic E-state index is 11.2. The van der Waals surface area contributed by atoms with Crippen molar-refractivity contribution in [3.05, 3.63) is 0 Å². The second kappa shape index (κ2) is 7.94. The fraction of sp³-hybridized carbons (Fsp3) is 0.769. The van der Waals surface area contributed by atoms with Crippen molar-refractivity contribution in [1.82, 2.24) is 0 Å². The number of carbonyl (C=O) groups is 3. The summed E-state index contributed by atoms with van der Waals surface area (Å²) in [7, 11) is 1.44. The van der Waals surface area contributed by atoms with Gasteiger partial charge in [-0.2, -0.15) is 0 Å². The number of carbonyl (C=O) groups excluding carboxylic acids is 3. The largest absolute Gasteiger partial charge is 0.463 e. The van der Waals surface area contributed by atoms with Crippen LogP contribution in [0.15, 0.2) is 0 Å². The van der Waals surface area contributed by atoms with Gasteiger partial charge in [-0.1, -0.05) is 0 Å². The molecule has 0 aromatic carbocycles. The summed E-state index contributed by atoms with van der Waals surface area (Å²) in [6.45, 7) is 3.60. The first-order chi connectivity index (χ1) is 9.83. The Bertz CT molecular complexity index is 394. The highest BCUT2D eigenvalue weighted by molar-refractivity contribution is 5.67. The first-order valence-electron chi connectivity index (χ1n) is 6.49. The maximum absolute atomic E-state index is 11.2. The van der Waals surface area contributed by atoms with Gasteiger partial charge in [0.2, 0.25) is 0 Å². The van der Waals surface area contributed by atoms with Crippen LogP contribution in [0, 0.1) is 0 Å². The highest BCUT2D eigenvalue weighted by Crippen LogP contribution is 2.26. The van der Waals surface area contributed by atoms with E-state index in [1.54, 1.807) is 0 Å². The first kappa shape index (κ1) is 17.4. The molecular formula is C13H20O8. The lowest BCUT2D eigenvalue weighted by molar-refractivity contribution is -0.259. The summed E-state index contributed by atoms with van der Waals surface area (Å²) in [5.74, 6) is -1.56. The van der Waals surface area contributed by atoms with Gasteiger partial charge in [0, 0.05) is 34.3 Å². The molecule has 0 saturated carbocycles. The van der Waals surface area contributed by atoms with Gasteiger partial charge in [-0.25, -0.2) is 0 Å². The standard InChI is InChI=1S/C13H20O8/c1-7(14)18-6-11-13(20-9(3)16)10(19-8(2)15)5-12(17-4)21-11/h10-13H,5-6H2,1-4H3/t10-,11+,12-,13-/m1/s1. The number of ether oxygens (including phenoxy) is 5. The van der Waals surface area contributed by atoms with E-state index in [1.807, 2.05) is 0 Å². The summed E-state index contributed by atoms with van der Waals surface area (Å²) in [4.78, 5) is 33.3. The van der Waals surface area contributed by atoms with Crippen molar-refractivity contribution in [3.8, 4) is 0 Å². The van der Waals surface area contributed by atoms with Gasteiger partial charge in [0.05, 0.1) is 0 Å². The Balaban J connectivity index is 2.87. The van der Waals surface area contributed by atoms with E-state index in [4.69, 9.17) is 23.7 Å². The molecule has 4 atom stereocenters. The fourth-order valence-corrected chi connectivity index (χ4v) is 2.05. The van der Waals surface area contributed by atoms with Crippen LogP contribution in [0.1, 0.15) is 27.2 Å². The average Bonchev–Trinajstić information content (AvgIpc) is 2.37. The van der Waals surface area contributed by atoms with Gasteiger partial charge in [-0.05, 0) is 0 Å². The second-order valence-electron chi connectivity index (χ2n) is 4.60. The molecule has 1 rings (SSSR count). The minimum atomic E-state index is -0.864. The molecule has 1 heterocycles. The van der Waals surface area contributed by atoms with Crippen molar-refractivity contribution in [2.75, 3.05) is 13.7 Å². The molecule has 0 N–H and O–H groups in total. The van der Waals surface area contributed by atoms with Crippen molar-refractivity contribution < 1.29 is 38.1 Å². The predicted octanol–water partition coefficient (Wildman–Crippen LogP) is 0.174. The van der Waals surface area contributed by atoms with E-state index >= 15 is 0 Å². The lowest BCUT2D eigenvalue weighted by Crippen LogP contribution is -2.54. The first-order valence-corrected chi connectivity index (χ1v) is 6.49. The Morgan fingerprint density at radius 2 is 1.67 bits per heavy atom. The molecule has 1 fully saturated rings. The molecule has 0 spiro atoms. The number of methoxy groups -OCH3 is 1. The van der Waals surface area contributed by atoms with Crippen LogP contribution in [0.3, 0.4) is 0 Å². The van der Waals surface area contributed by atoms with E-state index < -0.39 is 42.5 Å². The van der Waals surface area contributed by atoms with Crippen LogP contribution >= 0.6 is 0 Å². The third kappa shape index (κ3) is 5.68. The van der Waals surface area contributed by atoms with Crippen LogP contribution in [0.5, 0.6) is 0 Å². The van der Waals surface area contributed by atoms with Gasteiger partial charge >= 0.3 is 17.9 Å². The molecule has 0 bridgehead atoms. The number of hydrogen-bond donors (Lipinski definition) is 0. The maximum Gasteiger partial charge on any atom is 0.303 e. The van der Waals surface area contributed by atoms with E-state index in [1.165, 1.54) is 27.9 Å². The summed E-state index contributed by atoms with van der Waals surface area (Å²) < 4.78 is 25.8. The number of hydrogen-bond acceptors (Lipinski definition) is 8. The Morgan fingerprint density at radius 3 is 2.14 bits per heavy atom. The summed E-state index contributed by atoms with van der Waals surface area (Å²) in [5.41, 5.74) is 0. The summed E-state index contributed by atoms with van der Waals surface area (Å²) in [6.07, 6.45) is -2.81. The van der Waals surface area contributed by atoms with Gasteiger partial charge in [-0.15, -0.1) is 0 Å². The minimum absolute atomic E-state index is 0.134. The molecule has 1 aliphatic heterocycles. The lowest BCUT2D eigenvalue weighted by Gasteiger charge is -2.39. The van der Waals surface area contributed by atoms with Crippen LogP contribution in [0.4, 0.5) is 0 Å². The molecule has 1 saturated heterocycles. The normalized spacial score (nSPS) is 28.6. The van der Waals surface area contributed by atoms with Gasteiger partial charge in [0.15, 0.2) is 12.4 Å². The van der Waals surface area contributed by atoms with Crippen molar-refractivity contribution in [2.45, 2.75) is 51.8 Å². The molecule has 0 aromatic rings. The average molecular weight is 304 g/mol. The zero-order valence-electron chi connectivity index (χ0n) is 12.5. The van der Waals surface area contributed by atoms with Crippen LogP contribution in [-0.4, -0.2) is 56.2 Å². The smallest absolute Gasteiger partial charge is 0.303 e. The molecule has 0 aromatic heterocycles. The zero-order valence-corrected chi connectivity index (χ0v) is 12.5. The summed E-state index contributed by atoms with van der Waals surface area (Å²) in [5, 5.41) is 0. The van der Waals surface area contributed by atoms with Crippen molar-refractivity contribution in [1.29, 1.82) is 0 Å². The molecule has 8 heteroatoms. The highest BCUT2D eigenvalue weighted by Gasteiger charge is 2.43. The van der Waals surface area contributed by atoms with E-state index in [-0.39, 0.29) is 13.0 Å². The van der Waals surface area contributed by atoms with Gasteiger partial charge < -0.3 is 23.7 Å². The molecule has 8 nitrogen and oxygen atoms in total. The van der Waals surface area contributed by atoms with Gasteiger partial charge in [0.1, 0.15) is 18.8 Å². The molecule has 0 aliphatic carbocycles. The summed E-state index contributed by atoms with van der Waals surface area (Å²) >= 11 is 0. The molecule has 120 valence electrons. The lowest BCUT2D eigenvalue weighted by atomic mass is 10.0. The van der Waals surface area contributed by atoms with Crippen molar-refractivity contribution >= 4 is 17.9 Å². The Kier molecular flexibility index (Phi) is 6.57. The van der Waals surface area contributed by atoms with Crippen LogP contribution in [0.25, 0.3) is 0 Å². The number of esters is 3. The molecule has 0 radical (unpaired) electrons. The third-order valence-corrected chi connectivity index (χ3v) is 2.82. The quantitative estimate of drug-likeness (QED) is 0.524. The monoisotopic (exact) mass is 304 g/mol. The molecular weight excluding hydrogens is 284 g/mol. The molecule has 0 amide bonds. The van der Waals surface area contributed by atoms with Crippen molar-refractivity contribution in [3.63, 3.8) is 0 Å². The second-order valence-corrected chi connectivity index (χ2v) is 4.60. The van der Waals surface area contributed by atoms with Gasteiger partial charge in [-0.3, -0.25) is 14.4 Å². The SMILES string of the molecule is CO[C@H]1C[C@@H](OC(C)=O)[C@@H](OC(C)=O)[C@H](COC(C)=O)O1. The molecule has 0 unspecified atom stereocenters. The Morgan fingerprint density at radius 1 is 1.05 bits per heavy atom. The topological polar surface area (TPSA) is 97.4 Å². The molecule has 21 heavy (non-hydrogen) atoms. The summed E-state index contributed by atoms with van der Waals surface area (Å²) in [6, 6.07) is 0. The van der Waals surface area contributed by atoms with E-state index in [2.05, 4.69) is 0 Å². The van der Waals surface area contributed by atoms with Crippen LogP contribution in [-0.2, 0) is 38.1 Å². The van der Waals surface area contributed by atoms with Crippen molar-refractivity contribution in [2.24, 2.45) is 0 Å². The third-order valence-electron chi connectivity index (χ3n) is 2.82. The highest BCUT2D eigenvalue weighted by atomic mass is 16.7. The molecule has 1 aliphatic rings. The van der Waals surface area contributed by atoms with E-state index in [0.717, 1.165) is 0 Å². The Labute approximate surface area is 122 Å². The minimum Gasteiger partial charge on any atom is -0.463 e. The fourth-order valence-electron chi connectivity index (χ4n) is 2.05.